The van der Waals surface area contributed by atoms with Crippen molar-refractivity contribution < 1.29 is 66.3 Å². The van der Waals surface area contributed by atoms with E-state index in [0.717, 1.165) is 10.9 Å². The molecule has 2 aliphatic heterocycles. The van der Waals surface area contributed by atoms with Gasteiger partial charge < -0.3 is 50.4 Å². The number of carbonyl (C=O) groups is 2. The molecule has 3 aromatic heterocycles. The third-order valence-corrected chi connectivity index (χ3v) is 13.5. The second-order valence-electron chi connectivity index (χ2n) is 14.3. The molecule has 8 N–H and O–H groups in total. The molecule has 28 heteroatoms. The van der Waals surface area contributed by atoms with Crippen molar-refractivity contribution in [3.63, 3.8) is 0 Å². The zero-order valence-corrected chi connectivity index (χ0v) is 36.1. The number of rotatable bonds is 20. The SMILES string of the molecule is C=CCCC(=O)N[C@@H](CSSC(C)(C)C)C(=O)O[C@H]1[C@@H](O)[C@H](n2cnc3c(N)ncnc32)O[C@@H]1COP(=O)(O)O[C@H]1C[C@H](n2ccc(NC)nc2=O)O[C@@H]1COP(=O)(O)O. The average Bonchev–Trinajstić information content (AvgIpc) is 3.86. The summed E-state index contributed by atoms with van der Waals surface area (Å²) in [6.45, 7) is 7.83. The lowest BCUT2D eigenvalue weighted by Crippen LogP contribution is -2.47. The van der Waals surface area contributed by atoms with Crippen LogP contribution in [0.4, 0.5) is 11.6 Å². The van der Waals surface area contributed by atoms with E-state index in [-0.39, 0.29) is 46.1 Å². The Bertz CT molecular complexity index is 2150. The van der Waals surface area contributed by atoms with E-state index >= 15 is 0 Å². The summed E-state index contributed by atoms with van der Waals surface area (Å²) in [5, 5.41) is 17.0. The van der Waals surface area contributed by atoms with Crippen LogP contribution < -0.4 is 22.1 Å². The van der Waals surface area contributed by atoms with Gasteiger partial charge in [-0.05, 0) is 12.5 Å². The number of aliphatic hydroxyl groups is 1. The molecule has 0 radical (unpaired) electrons. The lowest BCUT2D eigenvalue weighted by molar-refractivity contribution is -0.159. The van der Waals surface area contributed by atoms with Gasteiger partial charge in [0.05, 0.1) is 19.5 Å². The number of nitrogens with zero attached hydrogens (tertiary/aromatic N) is 6. The Morgan fingerprint density at radius 2 is 1.87 bits per heavy atom. The summed E-state index contributed by atoms with van der Waals surface area (Å²) in [4.78, 5) is 85.0. The minimum atomic E-state index is -5.20. The van der Waals surface area contributed by atoms with Crippen LogP contribution in [0, 0.1) is 0 Å². The number of allylic oxidation sites excluding steroid dienone is 1. The van der Waals surface area contributed by atoms with Gasteiger partial charge in [0.2, 0.25) is 5.91 Å². The first-order valence-corrected chi connectivity index (χ1v) is 23.5. The number of ether oxygens (including phenoxy) is 3. The second kappa shape index (κ2) is 20.1. The molecule has 5 rings (SSSR count). The lowest BCUT2D eigenvalue weighted by Gasteiger charge is -2.26. The van der Waals surface area contributed by atoms with Crippen LogP contribution in [0.2, 0.25) is 0 Å². The number of carbonyl (C=O) groups excluding carboxylic acids is 2. The fourth-order valence-electron chi connectivity index (χ4n) is 5.89. The van der Waals surface area contributed by atoms with Crippen LogP contribution in [-0.2, 0) is 46.5 Å². The number of aromatic nitrogens is 6. The monoisotopic (exact) mass is 923 g/mol. The Hall–Kier alpha value is -3.49. The number of anilines is 2. The molecule has 60 heavy (non-hydrogen) atoms. The molecule has 9 atom stereocenters. The van der Waals surface area contributed by atoms with E-state index < -0.39 is 95.4 Å². The van der Waals surface area contributed by atoms with E-state index in [9.17, 15) is 43.3 Å². The molecular weight excluding hydrogens is 876 g/mol. The number of hydrogen-bond donors (Lipinski definition) is 7. The minimum absolute atomic E-state index is 0.0203. The molecule has 0 aliphatic carbocycles. The largest absolute Gasteiger partial charge is 0.472 e. The number of nitrogens with one attached hydrogen (secondary N) is 2. The molecule has 0 saturated carbocycles. The van der Waals surface area contributed by atoms with E-state index in [0.29, 0.717) is 6.42 Å². The summed E-state index contributed by atoms with van der Waals surface area (Å²) >= 11 is 0. The van der Waals surface area contributed by atoms with Gasteiger partial charge in [0.15, 0.2) is 23.8 Å². The summed E-state index contributed by atoms with van der Waals surface area (Å²) in [5.74, 6) is -1.09. The van der Waals surface area contributed by atoms with Gasteiger partial charge in [0, 0.05) is 36.6 Å². The number of phosphoric acid groups is 2. The van der Waals surface area contributed by atoms with Gasteiger partial charge in [-0.15, -0.1) is 6.58 Å². The van der Waals surface area contributed by atoms with Crippen LogP contribution >= 0.6 is 37.2 Å². The molecule has 1 unspecified atom stereocenters. The predicted molar refractivity (Wildman–Crippen MR) is 216 cm³/mol. The topological polar surface area (TPSA) is 333 Å². The van der Waals surface area contributed by atoms with E-state index in [1.165, 1.54) is 44.7 Å². The molecule has 2 fully saturated rings. The van der Waals surface area contributed by atoms with Crippen LogP contribution in [-0.4, -0.2) is 128 Å². The van der Waals surface area contributed by atoms with E-state index in [1.807, 2.05) is 20.8 Å². The van der Waals surface area contributed by atoms with Gasteiger partial charge in [-0.1, -0.05) is 48.4 Å². The normalized spacial score (nSPS) is 24.8. The van der Waals surface area contributed by atoms with Crippen LogP contribution in [0.1, 0.15) is 52.5 Å². The number of imidazole rings is 1. The highest BCUT2D eigenvalue weighted by Gasteiger charge is 2.50. The number of phosphoric ester groups is 2. The summed E-state index contributed by atoms with van der Waals surface area (Å²) in [7, 11) is -5.94. The van der Waals surface area contributed by atoms with Crippen LogP contribution in [0.3, 0.4) is 0 Å². The van der Waals surface area contributed by atoms with Gasteiger partial charge in [-0.3, -0.25) is 27.5 Å². The highest BCUT2D eigenvalue weighted by Crippen LogP contribution is 2.50. The highest BCUT2D eigenvalue weighted by molar-refractivity contribution is 8.77. The number of fused-ring (bicyclic) bond motifs is 1. The molecule has 332 valence electrons. The quantitative estimate of drug-likeness (QED) is 0.0364. The fraction of sp³-hybridized carbons (Fsp3) is 0.594. The smallest absolute Gasteiger partial charge is 0.455 e. The maximum absolute atomic E-state index is 13.8. The molecule has 2 saturated heterocycles. The van der Waals surface area contributed by atoms with Crippen molar-refractivity contribution >= 4 is 71.9 Å². The summed E-state index contributed by atoms with van der Waals surface area (Å²) in [6.07, 6.45) is -4.87. The number of aliphatic hydroxyl groups excluding tert-OH is 1. The van der Waals surface area contributed by atoms with E-state index in [1.54, 1.807) is 13.1 Å². The van der Waals surface area contributed by atoms with Gasteiger partial charge in [0.25, 0.3) is 0 Å². The number of nitrogen functional groups attached to an aromatic ring is 1. The van der Waals surface area contributed by atoms with Crippen molar-refractivity contribution in [1.29, 1.82) is 0 Å². The average molecular weight is 924 g/mol. The first kappa shape index (κ1) is 47.6. The molecule has 1 amide bonds. The number of amides is 1. The first-order valence-electron chi connectivity index (χ1n) is 18.1. The predicted octanol–water partition coefficient (Wildman–Crippen LogP) is 1.41. The molecule has 3 aromatic rings. The van der Waals surface area contributed by atoms with Crippen LogP contribution in [0.5, 0.6) is 0 Å². The van der Waals surface area contributed by atoms with Gasteiger partial charge >= 0.3 is 27.3 Å². The van der Waals surface area contributed by atoms with Crippen LogP contribution in [0.25, 0.3) is 11.2 Å². The van der Waals surface area contributed by atoms with Crippen molar-refractivity contribution in [2.24, 2.45) is 0 Å². The molecule has 0 aromatic carbocycles. The Kier molecular flexibility index (Phi) is 16.0. The Labute approximate surface area is 350 Å². The maximum atomic E-state index is 13.8. The van der Waals surface area contributed by atoms with E-state index in [2.05, 4.69) is 41.7 Å². The third kappa shape index (κ3) is 12.8. The van der Waals surface area contributed by atoms with Crippen molar-refractivity contribution in [3.8, 4) is 0 Å². The van der Waals surface area contributed by atoms with Crippen molar-refractivity contribution in [1.82, 2.24) is 34.4 Å². The first-order chi connectivity index (χ1) is 28.2. The number of nitrogens with two attached hydrogens (primary N) is 1. The fourth-order valence-corrected chi connectivity index (χ4v) is 9.64. The Morgan fingerprint density at radius 3 is 2.53 bits per heavy atom. The van der Waals surface area contributed by atoms with Crippen molar-refractivity contribution in [2.75, 3.05) is 37.1 Å². The highest BCUT2D eigenvalue weighted by atomic mass is 33.1. The van der Waals surface area contributed by atoms with Crippen molar-refractivity contribution in [3.05, 3.63) is 48.1 Å². The van der Waals surface area contributed by atoms with Gasteiger partial charge in [0.1, 0.15) is 54.3 Å². The Morgan fingerprint density at radius 1 is 1.13 bits per heavy atom. The summed E-state index contributed by atoms with van der Waals surface area (Å²) in [6, 6.07) is 0.243. The van der Waals surface area contributed by atoms with Gasteiger partial charge in [-0.2, -0.15) is 4.98 Å². The molecule has 24 nitrogen and oxygen atoms in total. The van der Waals surface area contributed by atoms with Crippen molar-refractivity contribution in [2.45, 2.75) is 93.8 Å². The summed E-state index contributed by atoms with van der Waals surface area (Å²) < 4.78 is 60.2. The number of esters is 1. The standard InChI is InChI=1S/C32H47N9O15P2S2/c1-6-7-8-22(42)38-17(14-59-60-32(2,3)4)30(44)55-26-20(54-29(25(26)43)41-16-37-24-27(33)35-15-36-28(24)41)13-52-58(49,50)56-18-11-23(53-19(18)12-51-57(46,47)48)40-10-9-21(34-5)39-31(40)45/h6,9-10,15-20,23,25-26,29,43H,1,7-8,11-14H2,2-5H3,(H,38,42)(H,49,50)(H2,33,35,36)(H,34,39,45)(H2,46,47,48)/t17-,18-,19+,20+,23+,25+,26+,29+/m0/s1. The molecule has 5 heterocycles. The molecular formula is C32H47N9O15P2S2. The Balaban J connectivity index is 1.37. The van der Waals surface area contributed by atoms with Crippen LogP contribution in [0.15, 0.2) is 42.4 Å². The zero-order valence-electron chi connectivity index (χ0n) is 32.7. The second-order valence-corrected chi connectivity index (χ2v) is 20.1. The summed E-state index contributed by atoms with van der Waals surface area (Å²) in [5.41, 5.74) is 5.47. The minimum Gasteiger partial charge on any atom is -0.455 e. The maximum Gasteiger partial charge on any atom is 0.472 e. The third-order valence-electron chi connectivity index (χ3n) is 8.62. The molecule has 0 spiro atoms. The van der Waals surface area contributed by atoms with Gasteiger partial charge in [-0.25, -0.2) is 33.7 Å². The van der Waals surface area contributed by atoms with E-state index in [4.69, 9.17) is 29.0 Å². The number of hydrogen-bond acceptors (Lipinski definition) is 20. The molecule has 2 aliphatic rings. The lowest BCUT2D eigenvalue weighted by atomic mass is 10.1. The molecule has 0 bridgehead atoms. The zero-order chi connectivity index (χ0) is 44.0.